The number of rotatable bonds is 3. The summed E-state index contributed by atoms with van der Waals surface area (Å²) in [5, 5.41) is 12.1. The van der Waals surface area contributed by atoms with Gasteiger partial charge in [-0.05, 0) is 94.0 Å². The van der Waals surface area contributed by atoms with E-state index >= 15 is 0 Å². The molecule has 0 unspecified atom stereocenters. The van der Waals surface area contributed by atoms with Gasteiger partial charge in [0.15, 0.2) is 0 Å². The molecule has 3 nitrogen and oxygen atoms in total. The summed E-state index contributed by atoms with van der Waals surface area (Å²) >= 11 is 0. The Morgan fingerprint density at radius 2 is 0.981 bits per heavy atom. The summed E-state index contributed by atoms with van der Waals surface area (Å²) in [5.74, 6) is 0. The fraction of sp³-hybridized carbons (Fsp3) is 0. The number of hydrogen-bond donors (Lipinski definition) is 0. The number of fused-ring (bicyclic) bond motifs is 12. The van der Waals surface area contributed by atoms with E-state index in [-0.39, 0.29) is 0 Å². The van der Waals surface area contributed by atoms with Gasteiger partial charge in [0.25, 0.3) is 0 Å². The molecule has 0 amide bonds. The highest BCUT2D eigenvalue weighted by Gasteiger charge is 2.21. The van der Waals surface area contributed by atoms with E-state index in [1.807, 2.05) is 6.07 Å². The molecule has 0 saturated heterocycles. The minimum absolute atomic E-state index is 0.900. The first-order valence-corrected chi connectivity index (χ1v) is 18.2. The molecular formula is C50H30N2O. The molecule has 0 bridgehead atoms. The third-order valence-electron chi connectivity index (χ3n) is 11.3. The molecule has 12 aromatic rings. The van der Waals surface area contributed by atoms with E-state index in [1.54, 1.807) is 0 Å². The van der Waals surface area contributed by atoms with E-state index in [0.29, 0.717) is 0 Å². The second kappa shape index (κ2) is 10.7. The van der Waals surface area contributed by atoms with Gasteiger partial charge in [-0.15, -0.1) is 0 Å². The van der Waals surface area contributed by atoms with Crippen molar-refractivity contribution in [1.82, 2.24) is 9.13 Å². The van der Waals surface area contributed by atoms with Gasteiger partial charge in [0.05, 0.1) is 33.1 Å². The van der Waals surface area contributed by atoms with Gasteiger partial charge < -0.3 is 13.6 Å². The minimum Gasteiger partial charge on any atom is -0.456 e. The average Bonchev–Trinajstić information content (AvgIpc) is 3.87. The maximum absolute atomic E-state index is 6.43. The maximum atomic E-state index is 6.43. The predicted molar refractivity (Wildman–Crippen MR) is 223 cm³/mol. The van der Waals surface area contributed by atoms with Crippen molar-refractivity contribution >= 4 is 87.1 Å². The van der Waals surface area contributed by atoms with E-state index in [0.717, 1.165) is 27.6 Å². The number of nitrogens with zero attached hydrogens (tertiary/aromatic N) is 2. The van der Waals surface area contributed by atoms with Crippen molar-refractivity contribution in [1.29, 1.82) is 0 Å². The van der Waals surface area contributed by atoms with Crippen molar-refractivity contribution in [2.24, 2.45) is 0 Å². The Morgan fingerprint density at radius 3 is 1.83 bits per heavy atom. The zero-order chi connectivity index (χ0) is 34.6. The molecule has 53 heavy (non-hydrogen) atoms. The average molecular weight is 675 g/mol. The van der Waals surface area contributed by atoms with Crippen LogP contribution in [0.5, 0.6) is 0 Å². The molecule has 0 atom stereocenters. The van der Waals surface area contributed by atoms with E-state index < -0.39 is 0 Å². The molecule has 0 aliphatic carbocycles. The summed E-state index contributed by atoms with van der Waals surface area (Å²) in [6.45, 7) is 0. The third kappa shape index (κ3) is 4.05. The largest absolute Gasteiger partial charge is 0.456 e. The quantitative estimate of drug-likeness (QED) is 0.183. The van der Waals surface area contributed by atoms with E-state index in [4.69, 9.17) is 4.42 Å². The van der Waals surface area contributed by atoms with Crippen LogP contribution in [0.1, 0.15) is 0 Å². The first-order valence-electron chi connectivity index (χ1n) is 18.2. The van der Waals surface area contributed by atoms with Crippen LogP contribution < -0.4 is 0 Å². The molecule has 0 radical (unpaired) electrons. The maximum Gasteiger partial charge on any atom is 0.137 e. The van der Waals surface area contributed by atoms with Gasteiger partial charge >= 0.3 is 0 Å². The van der Waals surface area contributed by atoms with Gasteiger partial charge in [-0.25, -0.2) is 0 Å². The van der Waals surface area contributed by atoms with Crippen LogP contribution >= 0.6 is 0 Å². The highest BCUT2D eigenvalue weighted by atomic mass is 16.3. The van der Waals surface area contributed by atoms with Gasteiger partial charge in [-0.2, -0.15) is 0 Å². The van der Waals surface area contributed by atoms with Gasteiger partial charge in [0.2, 0.25) is 0 Å². The normalized spacial score (nSPS) is 12.2. The van der Waals surface area contributed by atoms with Gasteiger partial charge in [-0.3, -0.25) is 0 Å². The van der Waals surface area contributed by atoms with Crippen LogP contribution in [-0.2, 0) is 0 Å². The summed E-state index contributed by atoms with van der Waals surface area (Å²) in [7, 11) is 0. The van der Waals surface area contributed by atoms with Crippen LogP contribution in [0.4, 0.5) is 0 Å². The van der Waals surface area contributed by atoms with Crippen LogP contribution in [0.3, 0.4) is 0 Å². The molecule has 12 rings (SSSR count). The minimum atomic E-state index is 0.900. The summed E-state index contributed by atoms with van der Waals surface area (Å²) in [5.41, 5.74) is 11.3. The van der Waals surface area contributed by atoms with E-state index in [1.165, 1.54) is 82.0 Å². The van der Waals surface area contributed by atoms with E-state index in [2.05, 4.69) is 185 Å². The zero-order valence-electron chi connectivity index (χ0n) is 28.6. The van der Waals surface area contributed by atoms with Crippen LogP contribution in [0.15, 0.2) is 186 Å². The Labute approximate surface area is 304 Å². The molecule has 0 spiro atoms. The Hall–Kier alpha value is -7.10. The fourth-order valence-electron chi connectivity index (χ4n) is 8.89. The van der Waals surface area contributed by atoms with Crippen LogP contribution in [0.25, 0.3) is 110 Å². The van der Waals surface area contributed by atoms with Gasteiger partial charge in [-0.1, -0.05) is 115 Å². The standard InChI is InChI=1S/C50H30N2O/c1-2-12-33-28-36(23-20-31(33)10-1)51-45-25-21-35(30-42(45)39-24-27-48-49(50(39)51)40-16-6-8-19-47(40)53-48)34-22-26-46-41(29-34)38-15-5-7-17-44(38)52(46)43-18-9-13-32-11-3-4-14-37(32)43/h1-30H. The molecule has 0 saturated carbocycles. The molecule has 0 aliphatic heterocycles. The van der Waals surface area contributed by atoms with E-state index in [9.17, 15) is 0 Å². The summed E-state index contributed by atoms with van der Waals surface area (Å²) in [6.07, 6.45) is 0. The Bertz CT molecular complexity index is 3460. The molecule has 3 aromatic heterocycles. The van der Waals surface area contributed by atoms with Crippen LogP contribution in [-0.4, -0.2) is 9.13 Å². The van der Waals surface area contributed by atoms with Crippen molar-refractivity contribution < 1.29 is 4.42 Å². The van der Waals surface area contributed by atoms with Gasteiger partial charge in [0.1, 0.15) is 11.2 Å². The molecule has 3 heteroatoms. The van der Waals surface area contributed by atoms with Crippen molar-refractivity contribution in [3.63, 3.8) is 0 Å². The molecule has 246 valence electrons. The predicted octanol–water partition coefficient (Wildman–Crippen LogP) is 13.8. The van der Waals surface area contributed by atoms with Crippen molar-refractivity contribution in [2.75, 3.05) is 0 Å². The topological polar surface area (TPSA) is 23.0 Å². The molecule has 9 aromatic carbocycles. The number of para-hydroxylation sites is 2. The van der Waals surface area contributed by atoms with Crippen LogP contribution in [0, 0.1) is 0 Å². The van der Waals surface area contributed by atoms with Crippen molar-refractivity contribution in [3.8, 4) is 22.5 Å². The van der Waals surface area contributed by atoms with Crippen molar-refractivity contribution in [3.05, 3.63) is 182 Å². The van der Waals surface area contributed by atoms with Crippen molar-refractivity contribution in [2.45, 2.75) is 0 Å². The zero-order valence-corrected chi connectivity index (χ0v) is 28.6. The third-order valence-corrected chi connectivity index (χ3v) is 11.3. The lowest BCUT2D eigenvalue weighted by molar-refractivity contribution is 0.669. The second-order valence-corrected chi connectivity index (χ2v) is 14.1. The highest BCUT2D eigenvalue weighted by molar-refractivity contribution is 6.25. The number of furan rings is 1. The molecular weight excluding hydrogens is 645 g/mol. The number of hydrogen-bond acceptors (Lipinski definition) is 1. The SMILES string of the molecule is c1ccc2cc(-n3c4ccc(-c5ccc6c(c5)c5ccccc5n6-c5cccc6ccccc56)cc4c4ccc5oc6ccccc6c5c43)ccc2c1. The number of benzene rings is 9. The highest BCUT2D eigenvalue weighted by Crippen LogP contribution is 2.43. The Morgan fingerprint density at radius 1 is 0.340 bits per heavy atom. The smallest absolute Gasteiger partial charge is 0.137 e. The molecule has 3 heterocycles. The second-order valence-electron chi connectivity index (χ2n) is 14.1. The number of aromatic nitrogens is 2. The first kappa shape index (κ1) is 28.6. The molecule has 0 N–H and O–H groups in total. The summed E-state index contributed by atoms with van der Waals surface area (Å²) < 4.78 is 11.3. The summed E-state index contributed by atoms with van der Waals surface area (Å²) in [4.78, 5) is 0. The summed E-state index contributed by atoms with van der Waals surface area (Å²) in [6, 6.07) is 66.1. The lowest BCUT2D eigenvalue weighted by atomic mass is 10.00. The Balaban J connectivity index is 1.12. The first-order chi connectivity index (χ1) is 26.3. The monoisotopic (exact) mass is 674 g/mol. The lowest BCUT2D eigenvalue weighted by Crippen LogP contribution is -1.95. The van der Waals surface area contributed by atoms with Gasteiger partial charge in [0, 0.05) is 38.0 Å². The van der Waals surface area contributed by atoms with Crippen LogP contribution in [0.2, 0.25) is 0 Å². The lowest BCUT2D eigenvalue weighted by Gasteiger charge is -2.12. The molecule has 0 fully saturated rings. The fourth-order valence-corrected chi connectivity index (χ4v) is 8.89. The Kier molecular flexibility index (Phi) is 5.77. The molecule has 0 aliphatic rings.